The summed E-state index contributed by atoms with van der Waals surface area (Å²) in [7, 11) is 1.54. The highest BCUT2D eigenvalue weighted by molar-refractivity contribution is 7.15. The van der Waals surface area contributed by atoms with Crippen molar-refractivity contribution in [1.29, 1.82) is 0 Å². The predicted molar refractivity (Wildman–Crippen MR) is 94.7 cm³/mol. The van der Waals surface area contributed by atoms with E-state index in [0.29, 0.717) is 21.6 Å². The van der Waals surface area contributed by atoms with Crippen LogP contribution in [0.4, 0.5) is 13.2 Å². The van der Waals surface area contributed by atoms with E-state index in [1.807, 2.05) is 0 Å². The normalized spacial score (nSPS) is 14.9. The Hall–Kier alpha value is -2.62. The largest absolute Gasteiger partial charge is 0.335 e. The van der Waals surface area contributed by atoms with Crippen molar-refractivity contribution in [3.8, 4) is 10.4 Å². The van der Waals surface area contributed by atoms with Crippen molar-refractivity contribution in [2.45, 2.75) is 19.1 Å². The van der Waals surface area contributed by atoms with Crippen molar-refractivity contribution in [3.63, 3.8) is 0 Å². The first kappa shape index (κ1) is 17.8. The number of halogens is 3. The highest BCUT2D eigenvalue weighted by atomic mass is 32.1. The van der Waals surface area contributed by atoms with Crippen LogP contribution in [0.5, 0.6) is 0 Å². The van der Waals surface area contributed by atoms with Gasteiger partial charge in [0.1, 0.15) is 12.7 Å². The smallest absolute Gasteiger partial charge is 0.330 e. The van der Waals surface area contributed by atoms with Gasteiger partial charge in [0.25, 0.3) is 6.43 Å². The maximum Gasteiger partial charge on any atom is 0.330 e. The fourth-order valence-electron chi connectivity index (χ4n) is 3.05. The molecule has 0 atom stereocenters. The van der Waals surface area contributed by atoms with Crippen LogP contribution in [0, 0.1) is 0 Å². The van der Waals surface area contributed by atoms with Crippen LogP contribution in [0.3, 0.4) is 0 Å². The van der Waals surface area contributed by atoms with Crippen LogP contribution in [-0.2, 0) is 18.4 Å². The van der Waals surface area contributed by atoms with Crippen molar-refractivity contribution in [2.75, 3.05) is 13.1 Å². The van der Waals surface area contributed by atoms with Gasteiger partial charge in [-0.2, -0.15) is 0 Å². The van der Waals surface area contributed by atoms with Gasteiger partial charge < -0.3 is 4.90 Å². The summed E-state index contributed by atoms with van der Waals surface area (Å²) in [5, 5.41) is 0. The van der Waals surface area contributed by atoms with Crippen LogP contribution in [0.1, 0.15) is 11.3 Å². The highest BCUT2D eigenvalue weighted by Crippen LogP contribution is 2.34. The Labute approximate surface area is 155 Å². The summed E-state index contributed by atoms with van der Waals surface area (Å²) in [5.41, 5.74) is 0.977. The van der Waals surface area contributed by atoms with Gasteiger partial charge in [0.05, 0.1) is 23.5 Å². The summed E-state index contributed by atoms with van der Waals surface area (Å²) in [6.07, 6.45) is -2.06. The molecule has 1 saturated heterocycles. The molecule has 0 spiro atoms. The summed E-state index contributed by atoms with van der Waals surface area (Å²) in [4.78, 5) is 30.9. The van der Waals surface area contributed by atoms with Gasteiger partial charge >= 0.3 is 5.69 Å². The second-order valence-corrected chi connectivity index (χ2v) is 7.51. The lowest BCUT2D eigenvalue weighted by Crippen LogP contribution is -2.52. The molecule has 4 heterocycles. The van der Waals surface area contributed by atoms with Crippen molar-refractivity contribution >= 4 is 28.4 Å². The first-order valence-electron chi connectivity index (χ1n) is 8.20. The van der Waals surface area contributed by atoms with E-state index in [1.54, 1.807) is 19.2 Å². The third kappa shape index (κ3) is 3.03. The van der Waals surface area contributed by atoms with E-state index in [0.717, 1.165) is 11.3 Å². The zero-order valence-corrected chi connectivity index (χ0v) is 15.0. The fourth-order valence-corrected chi connectivity index (χ4v) is 3.90. The molecule has 142 valence electrons. The van der Waals surface area contributed by atoms with Crippen LogP contribution in [0.2, 0.25) is 0 Å². The Bertz CT molecular complexity index is 1080. The Morgan fingerprint density at radius 3 is 2.74 bits per heavy atom. The molecule has 0 bridgehead atoms. The third-order valence-corrected chi connectivity index (χ3v) is 5.72. The van der Waals surface area contributed by atoms with Gasteiger partial charge in [0.15, 0.2) is 5.65 Å². The number of likely N-dealkylation sites (tertiary alicyclic amines) is 1. The summed E-state index contributed by atoms with van der Waals surface area (Å²) < 4.78 is 41.2. The maximum absolute atomic E-state index is 13.0. The summed E-state index contributed by atoms with van der Waals surface area (Å²) in [6, 6.07) is 4.59. The monoisotopic (exact) mass is 396 g/mol. The number of rotatable bonds is 4. The molecule has 1 aliphatic rings. The lowest BCUT2D eigenvalue weighted by molar-refractivity contribution is -0.138. The molecule has 0 saturated carbocycles. The molecule has 1 amide bonds. The molecule has 3 aromatic rings. The Balaban J connectivity index is 1.73. The predicted octanol–water partition coefficient (Wildman–Crippen LogP) is 2.58. The number of aryl methyl sites for hydroxylation is 1. The Kier molecular flexibility index (Phi) is 4.29. The minimum Gasteiger partial charge on any atom is -0.335 e. The first-order valence-corrected chi connectivity index (χ1v) is 9.02. The van der Waals surface area contributed by atoms with Crippen molar-refractivity contribution in [1.82, 2.24) is 19.0 Å². The van der Waals surface area contributed by atoms with E-state index < -0.39 is 18.3 Å². The number of hydrogen-bond donors (Lipinski definition) is 0. The molecule has 0 aliphatic carbocycles. The second-order valence-electron chi connectivity index (χ2n) is 6.39. The molecule has 10 heteroatoms. The SMILES string of the molecule is Cn1c(=O)n(CC(=O)N2CC(F)C2)c2cc(-c3ccc(C(F)F)s3)cnc21. The minimum atomic E-state index is -2.55. The molecular weight excluding hydrogens is 381 g/mol. The molecule has 0 radical (unpaired) electrons. The van der Waals surface area contributed by atoms with E-state index >= 15 is 0 Å². The first-order chi connectivity index (χ1) is 12.8. The van der Waals surface area contributed by atoms with E-state index in [4.69, 9.17) is 0 Å². The number of nitrogens with zero attached hydrogens (tertiary/aromatic N) is 4. The molecule has 1 aliphatic heterocycles. The van der Waals surface area contributed by atoms with E-state index in [9.17, 15) is 22.8 Å². The highest BCUT2D eigenvalue weighted by Gasteiger charge is 2.31. The molecule has 6 nitrogen and oxygen atoms in total. The zero-order valence-electron chi connectivity index (χ0n) is 14.2. The van der Waals surface area contributed by atoms with Crippen LogP contribution in [0.15, 0.2) is 29.2 Å². The summed E-state index contributed by atoms with van der Waals surface area (Å²) in [5.74, 6) is -0.347. The van der Waals surface area contributed by atoms with E-state index in [1.165, 1.54) is 26.3 Å². The number of imidazole rings is 1. The number of aromatic nitrogens is 3. The quantitative estimate of drug-likeness (QED) is 0.681. The third-order valence-electron chi connectivity index (χ3n) is 4.58. The van der Waals surface area contributed by atoms with Crippen molar-refractivity contribution in [3.05, 3.63) is 39.8 Å². The number of fused-ring (bicyclic) bond motifs is 1. The number of carbonyl (C=O) groups is 1. The molecule has 0 N–H and O–H groups in total. The summed E-state index contributed by atoms with van der Waals surface area (Å²) in [6.45, 7) is -0.151. The molecule has 4 rings (SSSR count). The van der Waals surface area contributed by atoms with Gasteiger partial charge in [-0.15, -0.1) is 11.3 Å². The summed E-state index contributed by atoms with van der Waals surface area (Å²) >= 11 is 0.950. The maximum atomic E-state index is 13.0. The van der Waals surface area contributed by atoms with E-state index in [2.05, 4.69) is 4.98 Å². The minimum absolute atomic E-state index is 0.0352. The average Bonchev–Trinajstić information content (AvgIpc) is 3.19. The number of amides is 1. The Morgan fingerprint density at radius 2 is 2.11 bits per heavy atom. The van der Waals surface area contributed by atoms with Crippen molar-refractivity contribution in [2.24, 2.45) is 7.05 Å². The zero-order chi connectivity index (χ0) is 19.3. The standard InChI is InChI=1S/C17H15F3N4O2S/c1-22-16-11(24(17(22)26)8-14(25)23-6-10(18)7-23)4-9(5-21-16)12-2-3-13(27-12)15(19)20/h2-5,10,15H,6-8H2,1H3. The fraction of sp³-hybridized carbons (Fsp3) is 0.353. The van der Waals surface area contributed by atoms with Crippen LogP contribution in [0.25, 0.3) is 21.6 Å². The molecule has 0 aromatic carbocycles. The van der Waals surface area contributed by atoms with Gasteiger partial charge in [0, 0.05) is 23.7 Å². The number of hydrogen-bond acceptors (Lipinski definition) is 4. The molecule has 27 heavy (non-hydrogen) atoms. The average molecular weight is 396 g/mol. The van der Waals surface area contributed by atoms with Gasteiger partial charge in [-0.1, -0.05) is 0 Å². The molecular formula is C17H15F3N4O2S. The van der Waals surface area contributed by atoms with Crippen molar-refractivity contribution < 1.29 is 18.0 Å². The topological polar surface area (TPSA) is 60.1 Å². The molecule has 3 aromatic heterocycles. The van der Waals surface area contributed by atoms with E-state index in [-0.39, 0.29) is 30.4 Å². The van der Waals surface area contributed by atoms with Crippen LogP contribution < -0.4 is 5.69 Å². The number of alkyl halides is 3. The van der Waals surface area contributed by atoms with Gasteiger partial charge in [-0.05, 0) is 18.2 Å². The van der Waals surface area contributed by atoms with Gasteiger partial charge in [-0.25, -0.2) is 22.9 Å². The molecule has 0 unspecified atom stereocenters. The lowest BCUT2D eigenvalue weighted by Gasteiger charge is -2.34. The Morgan fingerprint density at radius 1 is 1.37 bits per heavy atom. The van der Waals surface area contributed by atoms with Gasteiger partial charge in [0.2, 0.25) is 5.91 Å². The van der Waals surface area contributed by atoms with Crippen LogP contribution >= 0.6 is 11.3 Å². The van der Waals surface area contributed by atoms with Crippen LogP contribution in [-0.4, -0.2) is 44.2 Å². The number of thiophene rings is 1. The number of carbonyl (C=O) groups excluding carboxylic acids is 1. The number of pyridine rings is 1. The van der Waals surface area contributed by atoms with Gasteiger partial charge in [-0.3, -0.25) is 13.9 Å². The second kappa shape index (κ2) is 6.52. The lowest BCUT2D eigenvalue weighted by atomic mass is 10.2. The molecule has 1 fully saturated rings.